The molecule has 1 N–H and O–H groups in total. The monoisotopic (exact) mass is 237 g/mol. The van der Waals surface area contributed by atoms with E-state index in [4.69, 9.17) is 11.6 Å². The van der Waals surface area contributed by atoms with Crippen LogP contribution in [0.2, 0.25) is 5.28 Å². The van der Waals surface area contributed by atoms with E-state index in [-0.39, 0.29) is 0 Å². The predicted molar refractivity (Wildman–Crippen MR) is 64.5 cm³/mol. The summed E-state index contributed by atoms with van der Waals surface area (Å²) in [4.78, 5) is 8.02. The number of nitrogens with zero attached hydrogens (tertiary/aromatic N) is 2. The highest BCUT2D eigenvalue weighted by Gasteiger charge is 2.40. The van der Waals surface area contributed by atoms with Crippen molar-refractivity contribution in [2.75, 3.05) is 11.9 Å². The van der Waals surface area contributed by atoms with Crippen molar-refractivity contribution < 1.29 is 0 Å². The Morgan fingerprint density at radius 3 is 2.56 bits per heavy atom. The first-order chi connectivity index (χ1) is 7.83. The number of aromatic nitrogens is 2. The zero-order valence-electron chi connectivity index (χ0n) is 9.19. The van der Waals surface area contributed by atoms with Gasteiger partial charge >= 0.3 is 0 Å². The molecule has 1 aromatic rings. The largest absolute Gasteiger partial charge is 0.370 e. The number of hydrogen-bond donors (Lipinski definition) is 1. The molecule has 1 aromatic heterocycles. The topological polar surface area (TPSA) is 37.8 Å². The second-order valence-corrected chi connectivity index (χ2v) is 5.27. The summed E-state index contributed by atoms with van der Waals surface area (Å²) in [6.45, 7) is 1.04. The van der Waals surface area contributed by atoms with Crippen LogP contribution in [0, 0.1) is 17.8 Å². The molecule has 2 aliphatic rings. The van der Waals surface area contributed by atoms with Crippen molar-refractivity contribution in [2.45, 2.75) is 25.7 Å². The van der Waals surface area contributed by atoms with Gasteiger partial charge in [0.15, 0.2) is 0 Å². The van der Waals surface area contributed by atoms with E-state index in [2.05, 4.69) is 15.3 Å². The van der Waals surface area contributed by atoms with E-state index in [0.29, 0.717) is 5.28 Å². The third-order valence-corrected chi connectivity index (χ3v) is 3.78. The molecular formula is C12H16ClN3. The summed E-state index contributed by atoms with van der Waals surface area (Å²) in [5.74, 6) is 3.65. The van der Waals surface area contributed by atoms with Gasteiger partial charge in [-0.2, -0.15) is 0 Å². The molecule has 3 rings (SSSR count). The number of nitrogens with one attached hydrogen (secondary N) is 1. The highest BCUT2D eigenvalue weighted by atomic mass is 35.5. The zero-order chi connectivity index (χ0) is 11.0. The van der Waals surface area contributed by atoms with Gasteiger partial charge in [-0.1, -0.05) is 0 Å². The Bertz CT molecular complexity index is 362. The second kappa shape index (κ2) is 4.21. The molecule has 86 valence electrons. The van der Waals surface area contributed by atoms with Crippen LogP contribution in [0.1, 0.15) is 25.7 Å². The van der Waals surface area contributed by atoms with Crippen molar-refractivity contribution in [1.29, 1.82) is 0 Å². The van der Waals surface area contributed by atoms with Crippen molar-refractivity contribution in [3.63, 3.8) is 0 Å². The lowest BCUT2D eigenvalue weighted by Crippen LogP contribution is -2.18. The Hall–Kier alpha value is -0.830. The molecule has 0 amide bonds. The van der Waals surface area contributed by atoms with Crippen molar-refractivity contribution in [3.05, 3.63) is 17.5 Å². The number of halogens is 1. The summed E-state index contributed by atoms with van der Waals surface area (Å²) in [6.07, 6.45) is 7.39. The molecule has 0 bridgehead atoms. The van der Waals surface area contributed by atoms with Crippen molar-refractivity contribution in [3.8, 4) is 0 Å². The van der Waals surface area contributed by atoms with Gasteiger partial charge in [0.25, 0.3) is 0 Å². The summed E-state index contributed by atoms with van der Waals surface area (Å²) in [7, 11) is 0. The highest BCUT2D eigenvalue weighted by Crippen LogP contribution is 2.49. The van der Waals surface area contributed by atoms with Crippen LogP contribution in [0.25, 0.3) is 0 Å². The van der Waals surface area contributed by atoms with Crippen LogP contribution in [0.5, 0.6) is 0 Å². The number of rotatable bonds is 5. The number of hydrogen-bond acceptors (Lipinski definition) is 3. The lowest BCUT2D eigenvalue weighted by atomic mass is 9.98. The van der Waals surface area contributed by atoms with Crippen molar-refractivity contribution in [2.24, 2.45) is 17.8 Å². The predicted octanol–water partition coefficient (Wildman–Crippen LogP) is 2.98. The van der Waals surface area contributed by atoms with E-state index in [9.17, 15) is 0 Å². The van der Waals surface area contributed by atoms with Crippen molar-refractivity contribution in [1.82, 2.24) is 9.97 Å². The Kier molecular flexibility index (Phi) is 2.72. The quantitative estimate of drug-likeness (QED) is 0.801. The third-order valence-electron chi connectivity index (χ3n) is 3.60. The highest BCUT2D eigenvalue weighted by molar-refractivity contribution is 6.28. The molecular weight excluding hydrogens is 222 g/mol. The fourth-order valence-corrected chi connectivity index (χ4v) is 2.57. The first kappa shape index (κ1) is 10.3. The average molecular weight is 238 g/mol. The lowest BCUT2D eigenvalue weighted by molar-refractivity contribution is 0.427. The Morgan fingerprint density at radius 2 is 2.00 bits per heavy atom. The average Bonchev–Trinajstić information content (AvgIpc) is 3.13. The first-order valence-electron chi connectivity index (χ1n) is 6.05. The van der Waals surface area contributed by atoms with Gasteiger partial charge in [-0.15, -0.1) is 0 Å². The SMILES string of the molecule is Clc1nccc(NCC(C2CC2)C2CC2)n1. The number of anilines is 1. The summed E-state index contributed by atoms with van der Waals surface area (Å²) >= 11 is 5.75. The van der Waals surface area contributed by atoms with E-state index in [0.717, 1.165) is 30.1 Å². The maximum Gasteiger partial charge on any atom is 0.224 e. The lowest BCUT2D eigenvalue weighted by Gasteiger charge is -2.16. The van der Waals surface area contributed by atoms with Gasteiger partial charge in [0.1, 0.15) is 5.82 Å². The van der Waals surface area contributed by atoms with Crippen LogP contribution < -0.4 is 5.32 Å². The molecule has 2 saturated carbocycles. The normalized spacial score (nSPS) is 20.1. The molecule has 16 heavy (non-hydrogen) atoms. The molecule has 4 heteroatoms. The fourth-order valence-electron chi connectivity index (χ4n) is 2.42. The standard InChI is InChI=1S/C12H16ClN3/c13-12-14-6-5-11(16-12)15-7-10(8-1-2-8)9-3-4-9/h5-6,8-10H,1-4,7H2,(H,14,15,16). The summed E-state index contributed by atoms with van der Waals surface area (Å²) < 4.78 is 0. The van der Waals surface area contributed by atoms with Crippen LogP contribution in [0.3, 0.4) is 0 Å². The van der Waals surface area contributed by atoms with Crippen LogP contribution in [-0.4, -0.2) is 16.5 Å². The fraction of sp³-hybridized carbons (Fsp3) is 0.667. The Labute approximate surface area is 101 Å². The minimum absolute atomic E-state index is 0.319. The van der Waals surface area contributed by atoms with E-state index >= 15 is 0 Å². The maximum absolute atomic E-state index is 5.75. The van der Waals surface area contributed by atoms with Gasteiger partial charge in [0, 0.05) is 12.7 Å². The van der Waals surface area contributed by atoms with E-state index in [1.165, 1.54) is 25.7 Å². The van der Waals surface area contributed by atoms with Crippen LogP contribution in [-0.2, 0) is 0 Å². The zero-order valence-corrected chi connectivity index (χ0v) is 9.95. The van der Waals surface area contributed by atoms with Crippen LogP contribution >= 0.6 is 11.6 Å². The third kappa shape index (κ3) is 2.46. The molecule has 0 saturated heterocycles. The molecule has 2 fully saturated rings. The molecule has 0 radical (unpaired) electrons. The van der Waals surface area contributed by atoms with E-state index in [1.807, 2.05) is 6.07 Å². The van der Waals surface area contributed by atoms with Gasteiger partial charge in [-0.05, 0) is 61.1 Å². The Morgan fingerprint density at radius 1 is 1.31 bits per heavy atom. The minimum atomic E-state index is 0.319. The first-order valence-corrected chi connectivity index (χ1v) is 6.43. The molecule has 0 spiro atoms. The van der Waals surface area contributed by atoms with Gasteiger partial charge < -0.3 is 5.32 Å². The van der Waals surface area contributed by atoms with Crippen LogP contribution in [0.15, 0.2) is 12.3 Å². The van der Waals surface area contributed by atoms with Crippen molar-refractivity contribution >= 4 is 17.4 Å². The molecule has 1 heterocycles. The van der Waals surface area contributed by atoms with Gasteiger partial charge in [0.05, 0.1) is 0 Å². The molecule has 0 aromatic carbocycles. The molecule has 3 nitrogen and oxygen atoms in total. The maximum atomic E-state index is 5.75. The summed E-state index contributed by atoms with van der Waals surface area (Å²) in [6, 6.07) is 1.88. The second-order valence-electron chi connectivity index (χ2n) is 4.93. The Balaban J connectivity index is 1.58. The van der Waals surface area contributed by atoms with E-state index < -0.39 is 0 Å². The minimum Gasteiger partial charge on any atom is -0.370 e. The molecule has 0 aliphatic heterocycles. The van der Waals surface area contributed by atoms with Gasteiger partial charge in [-0.3, -0.25) is 0 Å². The van der Waals surface area contributed by atoms with Crippen LogP contribution in [0.4, 0.5) is 5.82 Å². The van der Waals surface area contributed by atoms with E-state index in [1.54, 1.807) is 6.20 Å². The molecule has 0 unspecified atom stereocenters. The van der Waals surface area contributed by atoms with Gasteiger partial charge in [-0.25, -0.2) is 9.97 Å². The summed E-state index contributed by atoms with van der Waals surface area (Å²) in [5, 5.41) is 3.71. The van der Waals surface area contributed by atoms with Gasteiger partial charge in [0.2, 0.25) is 5.28 Å². The molecule has 0 atom stereocenters. The summed E-state index contributed by atoms with van der Waals surface area (Å²) in [5.41, 5.74) is 0. The molecule has 2 aliphatic carbocycles. The smallest absolute Gasteiger partial charge is 0.224 e.